The summed E-state index contributed by atoms with van der Waals surface area (Å²) in [5, 5.41) is 2.96. The maximum atomic E-state index is 12.6. The van der Waals surface area contributed by atoms with E-state index in [1.807, 2.05) is 0 Å². The van der Waals surface area contributed by atoms with Crippen LogP contribution in [0.25, 0.3) is 0 Å². The minimum atomic E-state index is -3.29. The molecular formula is C18H19ClN2O5S. The van der Waals surface area contributed by atoms with Crippen molar-refractivity contribution < 1.29 is 22.7 Å². The number of anilines is 2. The van der Waals surface area contributed by atoms with Crippen LogP contribution in [-0.2, 0) is 10.0 Å². The van der Waals surface area contributed by atoms with E-state index in [4.69, 9.17) is 21.1 Å². The van der Waals surface area contributed by atoms with Crippen molar-refractivity contribution in [3.8, 4) is 11.5 Å². The van der Waals surface area contributed by atoms with Crippen LogP contribution < -0.4 is 19.1 Å². The van der Waals surface area contributed by atoms with Gasteiger partial charge in [0.05, 0.1) is 41.9 Å². The summed E-state index contributed by atoms with van der Waals surface area (Å²) in [6.07, 6.45) is 0.579. The van der Waals surface area contributed by atoms with Crippen molar-refractivity contribution in [2.24, 2.45) is 0 Å². The normalized spacial score (nSPS) is 15.4. The van der Waals surface area contributed by atoms with Crippen molar-refractivity contribution in [3.63, 3.8) is 0 Å². The van der Waals surface area contributed by atoms with Crippen LogP contribution in [-0.4, -0.2) is 40.8 Å². The van der Waals surface area contributed by atoms with E-state index in [1.54, 1.807) is 30.3 Å². The lowest BCUT2D eigenvalue weighted by molar-refractivity contribution is 0.102. The second-order valence-electron chi connectivity index (χ2n) is 5.93. The molecule has 1 aliphatic heterocycles. The summed E-state index contributed by atoms with van der Waals surface area (Å²) < 4.78 is 35.8. The number of carbonyl (C=O) groups is 1. The number of rotatable bonds is 5. The second kappa shape index (κ2) is 7.66. The number of sulfonamides is 1. The molecule has 1 N–H and O–H groups in total. The number of hydrogen-bond acceptors (Lipinski definition) is 5. The fourth-order valence-electron chi connectivity index (χ4n) is 2.87. The first-order valence-corrected chi connectivity index (χ1v) is 10.2. The van der Waals surface area contributed by atoms with Crippen LogP contribution in [0.1, 0.15) is 16.8 Å². The summed E-state index contributed by atoms with van der Waals surface area (Å²) in [7, 11) is -0.306. The summed E-state index contributed by atoms with van der Waals surface area (Å²) >= 11 is 6.27. The average molecular weight is 411 g/mol. The number of nitrogens with one attached hydrogen (secondary N) is 1. The van der Waals surface area contributed by atoms with Crippen molar-refractivity contribution in [2.75, 3.05) is 36.1 Å². The van der Waals surface area contributed by atoms with Crippen LogP contribution >= 0.6 is 11.6 Å². The number of amides is 1. The number of benzene rings is 2. The lowest BCUT2D eigenvalue weighted by Crippen LogP contribution is -2.25. The van der Waals surface area contributed by atoms with Gasteiger partial charge in [-0.2, -0.15) is 0 Å². The molecule has 0 aromatic heterocycles. The fourth-order valence-corrected chi connectivity index (χ4v) is 4.64. The van der Waals surface area contributed by atoms with Gasteiger partial charge in [-0.15, -0.1) is 0 Å². The first-order chi connectivity index (χ1) is 12.9. The van der Waals surface area contributed by atoms with E-state index in [1.165, 1.54) is 24.6 Å². The van der Waals surface area contributed by atoms with E-state index in [9.17, 15) is 13.2 Å². The largest absolute Gasteiger partial charge is 0.497 e. The topological polar surface area (TPSA) is 84.9 Å². The Hall–Kier alpha value is -2.45. The first kappa shape index (κ1) is 19.3. The van der Waals surface area contributed by atoms with Crippen LogP contribution in [0.2, 0.25) is 5.02 Å². The molecule has 0 radical (unpaired) electrons. The van der Waals surface area contributed by atoms with E-state index in [-0.39, 0.29) is 10.8 Å². The highest BCUT2D eigenvalue weighted by Gasteiger charge is 2.28. The molecule has 144 valence electrons. The van der Waals surface area contributed by atoms with Crippen molar-refractivity contribution in [3.05, 3.63) is 47.0 Å². The zero-order valence-corrected chi connectivity index (χ0v) is 16.4. The number of methoxy groups -OCH3 is 2. The van der Waals surface area contributed by atoms with Gasteiger partial charge in [0.15, 0.2) is 0 Å². The number of carbonyl (C=O) groups excluding carboxylic acids is 1. The van der Waals surface area contributed by atoms with Gasteiger partial charge >= 0.3 is 0 Å². The molecule has 3 rings (SSSR count). The molecule has 7 nitrogen and oxygen atoms in total. The summed E-state index contributed by atoms with van der Waals surface area (Å²) in [6.45, 7) is 0.424. The zero-order valence-electron chi connectivity index (χ0n) is 14.9. The molecule has 2 aromatic rings. The molecule has 0 unspecified atom stereocenters. The fraction of sp³-hybridized carbons (Fsp3) is 0.278. The molecule has 1 heterocycles. The van der Waals surface area contributed by atoms with E-state index in [2.05, 4.69) is 5.32 Å². The van der Waals surface area contributed by atoms with Crippen molar-refractivity contribution in [1.29, 1.82) is 0 Å². The third-order valence-corrected chi connectivity index (χ3v) is 6.42. The van der Waals surface area contributed by atoms with E-state index >= 15 is 0 Å². The Balaban J connectivity index is 1.83. The van der Waals surface area contributed by atoms with Crippen LogP contribution in [0, 0.1) is 0 Å². The molecule has 1 aliphatic rings. The van der Waals surface area contributed by atoms with Crippen molar-refractivity contribution >= 4 is 38.9 Å². The minimum Gasteiger partial charge on any atom is -0.497 e. The number of nitrogens with zero attached hydrogens (tertiary/aromatic N) is 1. The predicted octanol–water partition coefficient (Wildman–Crippen LogP) is 3.15. The van der Waals surface area contributed by atoms with Crippen LogP contribution in [0.4, 0.5) is 11.4 Å². The maximum absolute atomic E-state index is 12.6. The monoisotopic (exact) mass is 410 g/mol. The van der Waals surface area contributed by atoms with Gasteiger partial charge in [-0.05, 0) is 36.8 Å². The zero-order chi connectivity index (χ0) is 19.6. The first-order valence-electron chi connectivity index (χ1n) is 8.19. The molecule has 1 amide bonds. The molecule has 1 saturated heterocycles. The molecular weight excluding hydrogens is 392 g/mol. The molecule has 0 aliphatic carbocycles. The molecule has 0 spiro atoms. The standard InChI is InChI=1S/C18H19ClN2O5S/c1-25-13-5-6-14(17(11-13)26-2)18(22)20-16-7-4-12(10-15(16)19)21-8-3-9-27(21,23)24/h4-7,10-11H,3,8-9H2,1-2H3,(H,20,22). The quantitative estimate of drug-likeness (QED) is 0.818. The lowest BCUT2D eigenvalue weighted by Gasteiger charge is -2.18. The Kier molecular flexibility index (Phi) is 5.48. The third-order valence-electron chi connectivity index (χ3n) is 4.24. The number of halogens is 1. The van der Waals surface area contributed by atoms with Crippen molar-refractivity contribution in [2.45, 2.75) is 6.42 Å². The van der Waals surface area contributed by atoms with Gasteiger partial charge < -0.3 is 14.8 Å². The van der Waals surface area contributed by atoms with Crippen LogP contribution in [0.15, 0.2) is 36.4 Å². The molecule has 0 atom stereocenters. The molecule has 0 saturated carbocycles. The summed E-state index contributed by atoms with van der Waals surface area (Å²) in [6, 6.07) is 9.59. The Morgan fingerprint density at radius 1 is 1.15 bits per heavy atom. The second-order valence-corrected chi connectivity index (χ2v) is 8.35. The highest BCUT2D eigenvalue weighted by atomic mass is 35.5. The van der Waals surface area contributed by atoms with Gasteiger partial charge in [-0.3, -0.25) is 9.10 Å². The Morgan fingerprint density at radius 3 is 2.52 bits per heavy atom. The van der Waals surface area contributed by atoms with Gasteiger partial charge in [0, 0.05) is 12.6 Å². The van der Waals surface area contributed by atoms with Crippen molar-refractivity contribution in [1.82, 2.24) is 0 Å². The predicted molar refractivity (Wildman–Crippen MR) is 105 cm³/mol. The van der Waals surface area contributed by atoms with Gasteiger partial charge in [0.25, 0.3) is 5.91 Å². The molecule has 1 fully saturated rings. The Bertz CT molecular complexity index is 978. The Labute approximate surface area is 162 Å². The smallest absolute Gasteiger partial charge is 0.259 e. The van der Waals surface area contributed by atoms with Gasteiger partial charge in [-0.25, -0.2) is 8.42 Å². The Morgan fingerprint density at radius 2 is 1.93 bits per heavy atom. The molecule has 2 aromatic carbocycles. The van der Waals surface area contributed by atoms with E-state index in [0.717, 1.165) is 0 Å². The highest BCUT2D eigenvalue weighted by molar-refractivity contribution is 7.93. The summed E-state index contributed by atoms with van der Waals surface area (Å²) in [5.41, 5.74) is 1.18. The van der Waals surface area contributed by atoms with Gasteiger partial charge in [-0.1, -0.05) is 11.6 Å². The minimum absolute atomic E-state index is 0.125. The SMILES string of the molecule is COc1ccc(C(=O)Nc2ccc(N3CCCS3(=O)=O)cc2Cl)c(OC)c1. The summed E-state index contributed by atoms with van der Waals surface area (Å²) in [5.74, 6) is 0.652. The summed E-state index contributed by atoms with van der Waals surface area (Å²) in [4.78, 5) is 12.6. The highest BCUT2D eigenvalue weighted by Crippen LogP contribution is 2.32. The maximum Gasteiger partial charge on any atom is 0.259 e. The van der Waals surface area contributed by atoms with Gasteiger partial charge in [0.2, 0.25) is 10.0 Å². The number of hydrogen-bond donors (Lipinski definition) is 1. The van der Waals surface area contributed by atoms with E-state index in [0.29, 0.717) is 41.4 Å². The number of ether oxygens (including phenoxy) is 2. The average Bonchev–Trinajstić information content (AvgIpc) is 3.01. The van der Waals surface area contributed by atoms with Crippen LogP contribution in [0.5, 0.6) is 11.5 Å². The van der Waals surface area contributed by atoms with Crippen LogP contribution in [0.3, 0.4) is 0 Å². The van der Waals surface area contributed by atoms with E-state index < -0.39 is 15.9 Å². The molecule has 0 bridgehead atoms. The third kappa shape index (κ3) is 3.96. The van der Waals surface area contributed by atoms with Gasteiger partial charge in [0.1, 0.15) is 11.5 Å². The molecule has 9 heteroatoms. The molecule has 27 heavy (non-hydrogen) atoms. The lowest BCUT2D eigenvalue weighted by atomic mass is 10.1.